The van der Waals surface area contributed by atoms with E-state index in [4.69, 9.17) is 9.47 Å². The quantitative estimate of drug-likeness (QED) is 0.537. The van der Waals surface area contributed by atoms with Crippen molar-refractivity contribution >= 4 is 38.7 Å². The van der Waals surface area contributed by atoms with Crippen molar-refractivity contribution in [2.45, 2.75) is 0 Å². The Labute approximate surface area is 183 Å². The highest BCUT2D eigenvalue weighted by molar-refractivity contribution is 7.21. The van der Waals surface area contributed by atoms with E-state index in [1.807, 2.05) is 17.0 Å². The number of esters is 1. The van der Waals surface area contributed by atoms with Crippen molar-refractivity contribution in [3.8, 4) is 11.5 Å². The van der Waals surface area contributed by atoms with Crippen molar-refractivity contribution in [1.82, 2.24) is 14.9 Å². The van der Waals surface area contributed by atoms with Gasteiger partial charge in [0.1, 0.15) is 10.3 Å². The number of ether oxygens (including phenoxy) is 3. The molecule has 0 spiro atoms. The summed E-state index contributed by atoms with van der Waals surface area (Å²) in [5, 5.41) is 0.926. The maximum atomic E-state index is 13.0. The summed E-state index contributed by atoms with van der Waals surface area (Å²) in [5.41, 5.74) is 1.39. The third-order valence-corrected chi connectivity index (χ3v) is 6.02. The van der Waals surface area contributed by atoms with Crippen LogP contribution >= 0.6 is 11.3 Å². The number of anilines is 1. The van der Waals surface area contributed by atoms with Gasteiger partial charge in [0.25, 0.3) is 5.91 Å². The number of hydrogen-bond donors (Lipinski definition) is 0. The van der Waals surface area contributed by atoms with Crippen LogP contribution < -0.4 is 14.4 Å². The Bertz CT molecular complexity index is 1060. The first kappa shape index (κ1) is 20.9. The average Bonchev–Trinajstić information content (AvgIpc) is 3.26. The van der Waals surface area contributed by atoms with Gasteiger partial charge in [-0.1, -0.05) is 11.3 Å². The van der Waals surface area contributed by atoms with Crippen molar-refractivity contribution in [2.24, 2.45) is 0 Å². The zero-order valence-electron chi connectivity index (χ0n) is 17.2. The number of benzene rings is 1. The Morgan fingerprint density at radius 2 is 1.90 bits per heavy atom. The van der Waals surface area contributed by atoms with Crippen molar-refractivity contribution in [3.05, 3.63) is 42.1 Å². The van der Waals surface area contributed by atoms with E-state index < -0.39 is 5.97 Å². The van der Waals surface area contributed by atoms with Gasteiger partial charge in [-0.05, 0) is 30.3 Å². The molecule has 1 aliphatic heterocycles. The number of carbonyl (C=O) groups excluding carboxylic acids is 2. The van der Waals surface area contributed by atoms with Gasteiger partial charge in [0.2, 0.25) is 0 Å². The van der Waals surface area contributed by atoms with Crippen LogP contribution in [0.1, 0.15) is 10.4 Å². The molecular formula is C21H22N4O5S. The lowest BCUT2D eigenvalue weighted by Crippen LogP contribution is -2.48. The average molecular weight is 442 g/mol. The van der Waals surface area contributed by atoms with Gasteiger partial charge >= 0.3 is 5.97 Å². The minimum Gasteiger partial charge on any atom is -0.493 e. The normalized spacial score (nSPS) is 13.9. The molecule has 0 saturated carbocycles. The van der Waals surface area contributed by atoms with Crippen LogP contribution in [0.2, 0.25) is 0 Å². The van der Waals surface area contributed by atoms with Crippen molar-refractivity contribution in [2.75, 3.05) is 51.9 Å². The molecule has 1 saturated heterocycles. The molecule has 1 aliphatic rings. The van der Waals surface area contributed by atoms with E-state index in [-0.39, 0.29) is 12.5 Å². The molecule has 1 fully saturated rings. The fourth-order valence-electron chi connectivity index (χ4n) is 3.29. The predicted octanol–water partition coefficient (Wildman–Crippen LogP) is 2.21. The van der Waals surface area contributed by atoms with E-state index >= 15 is 0 Å². The molecule has 9 nitrogen and oxygen atoms in total. The lowest BCUT2D eigenvalue weighted by Gasteiger charge is -2.34. The van der Waals surface area contributed by atoms with Crippen LogP contribution in [0.3, 0.4) is 0 Å². The molecular weight excluding hydrogens is 420 g/mol. The van der Waals surface area contributed by atoms with Crippen LogP contribution in [0.25, 0.3) is 10.3 Å². The number of nitrogens with zero attached hydrogens (tertiary/aromatic N) is 4. The highest BCUT2D eigenvalue weighted by Crippen LogP contribution is 2.30. The van der Waals surface area contributed by atoms with Gasteiger partial charge in [0, 0.05) is 37.9 Å². The number of aromatic nitrogens is 2. The zero-order chi connectivity index (χ0) is 21.8. The van der Waals surface area contributed by atoms with Crippen LogP contribution in [0.5, 0.6) is 11.5 Å². The SMILES string of the molecule is COC(=O)COc1ccc(C(=O)N2CCN(c3nc4cccnc4s3)CC2)cc1OC. The fraction of sp³-hybridized carbons (Fsp3) is 0.333. The minimum atomic E-state index is -0.496. The predicted molar refractivity (Wildman–Crippen MR) is 116 cm³/mol. The van der Waals surface area contributed by atoms with Gasteiger partial charge in [-0.2, -0.15) is 0 Å². The summed E-state index contributed by atoms with van der Waals surface area (Å²) < 4.78 is 15.3. The Morgan fingerprint density at radius 3 is 2.61 bits per heavy atom. The first-order valence-electron chi connectivity index (χ1n) is 9.72. The monoisotopic (exact) mass is 442 g/mol. The second-order valence-corrected chi connectivity index (χ2v) is 7.79. The highest BCUT2D eigenvalue weighted by atomic mass is 32.1. The van der Waals surface area contributed by atoms with Gasteiger partial charge in [0.05, 0.1) is 14.2 Å². The molecule has 1 amide bonds. The standard InChI is InChI=1S/C21H22N4O5S/c1-28-17-12-14(5-6-16(17)30-13-18(26)29-2)20(27)24-8-10-25(11-9-24)21-23-15-4-3-7-22-19(15)31-21/h3-7,12H,8-11,13H2,1-2H3. The molecule has 0 atom stereocenters. The maximum Gasteiger partial charge on any atom is 0.343 e. The van der Waals surface area contributed by atoms with Crippen LogP contribution in [-0.2, 0) is 9.53 Å². The second-order valence-electron chi connectivity index (χ2n) is 6.83. The lowest BCUT2D eigenvalue weighted by atomic mass is 10.1. The molecule has 4 rings (SSSR count). The molecule has 0 aliphatic carbocycles. The molecule has 3 aromatic rings. The van der Waals surface area contributed by atoms with Crippen LogP contribution in [-0.4, -0.2) is 73.7 Å². The maximum absolute atomic E-state index is 13.0. The second kappa shape index (κ2) is 9.17. The molecule has 162 valence electrons. The molecule has 0 radical (unpaired) electrons. The Balaban J connectivity index is 1.40. The molecule has 3 heterocycles. The number of carbonyl (C=O) groups is 2. The number of pyridine rings is 1. The minimum absolute atomic E-state index is 0.0802. The Hall–Kier alpha value is -3.40. The highest BCUT2D eigenvalue weighted by Gasteiger charge is 2.25. The van der Waals surface area contributed by atoms with Crippen molar-refractivity contribution in [1.29, 1.82) is 0 Å². The fourth-order valence-corrected chi connectivity index (χ4v) is 4.25. The van der Waals surface area contributed by atoms with E-state index in [2.05, 4.69) is 19.6 Å². The van der Waals surface area contributed by atoms with Gasteiger partial charge in [-0.3, -0.25) is 4.79 Å². The molecule has 0 N–H and O–H groups in total. The van der Waals surface area contributed by atoms with Crippen molar-refractivity contribution < 1.29 is 23.8 Å². The van der Waals surface area contributed by atoms with Crippen molar-refractivity contribution in [3.63, 3.8) is 0 Å². The first-order chi connectivity index (χ1) is 15.1. The number of thiazole rings is 1. The van der Waals surface area contributed by atoms with E-state index in [0.29, 0.717) is 43.2 Å². The van der Waals surface area contributed by atoms with E-state index in [1.54, 1.807) is 35.7 Å². The summed E-state index contributed by atoms with van der Waals surface area (Å²) in [7, 11) is 2.78. The number of hydrogen-bond acceptors (Lipinski definition) is 9. The first-order valence-corrected chi connectivity index (χ1v) is 10.5. The Morgan fingerprint density at radius 1 is 1.10 bits per heavy atom. The number of fused-ring (bicyclic) bond motifs is 1. The number of piperazine rings is 1. The molecule has 2 aromatic heterocycles. The smallest absolute Gasteiger partial charge is 0.343 e. The molecule has 0 bridgehead atoms. The summed E-state index contributed by atoms with van der Waals surface area (Å²) in [6.45, 7) is 2.34. The Kier molecular flexibility index (Phi) is 6.17. The summed E-state index contributed by atoms with van der Waals surface area (Å²) in [5.74, 6) is 0.182. The summed E-state index contributed by atoms with van der Waals surface area (Å²) in [6.07, 6.45) is 1.76. The number of amides is 1. The van der Waals surface area contributed by atoms with Crippen LogP contribution in [0.4, 0.5) is 5.13 Å². The summed E-state index contributed by atoms with van der Waals surface area (Å²) >= 11 is 1.56. The van der Waals surface area contributed by atoms with Gasteiger partial charge in [-0.25, -0.2) is 14.8 Å². The molecule has 1 aromatic carbocycles. The summed E-state index contributed by atoms with van der Waals surface area (Å²) in [6, 6.07) is 8.75. The molecule has 0 unspecified atom stereocenters. The van der Waals surface area contributed by atoms with E-state index in [1.165, 1.54) is 14.2 Å². The largest absolute Gasteiger partial charge is 0.493 e. The lowest BCUT2D eigenvalue weighted by molar-refractivity contribution is -0.142. The number of rotatable bonds is 6. The van der Waals surface area contributed by atoms with Crippen LogP contribution in [0.15, 0.2) is 36.5 Å². The van der Waals surface area contributed by atoms with E-state index in [9.17, 15) is 9.59 Å². The van der Waals surface area contributed by atoms with Gasteiger partial charge < -0.3 is 24.0 Å². The topological polar surface area (TPSA) is 94.1 Å². The summed E-state index contributed by atoms with van der Waals surface area (Å²) in [4.78, 5) is 38.2. The van der Waals surface area contributed by atoms with Crippen LogP contribution in [0, 0.1) is 0 Å². The van der Waals surface area contributed by atoms with Gasteiger partial charge in [0.15, 0.2) is 23.2 Å². The van der Waals surface area contributed by atoms with Gasteiger partial charge in [-0.15, -0.1) is 0 Å². The molecule has 31 heavy (non-hydrogen) atoms. The van der Waals surface area contributed by atoms with E-state index in [0.717, 1.165) is 15.5 Å². The molecule has 10 heteroatoms. The zero-order valence-corrected chi connectivity index (χ0v) is 18.1. The third kappa shape index (κ3) is 4.53. The number of methoxy groups -OCH3 is 2. The third-order valence-electron chi connectivity index (χ3n) is 4.98.